The molecule has 3 rings (SSSR count). The van der Waals surface area contributed by atoms with Crippen LogP contribution >= 0.6 is 0 Å². The highest BCUT2D eigenvalue weighted by molar-refractivity contribution is 5.45. The van der Waals surface area contributed by atoms with E-state index in [9.17, 15) is 4.79 Å². The summed E-state index contributed by atoms with van der Waals surface area (Å²) in [5.41, 5.74) is 7.66. The highest BCUT2D eigenvalue weighted by Gasteiger charge is 2.30. The summed E-state index contributed by atoms with van der Waals surface area (Å²) in [4.78, 5) is 21.3. The van der Waals surface area contributed by atoms with Gasteiger partial charge >= 0.3 is 0 Å². The second-order valence-electron chi connectivity index (χ2n) is 5.51. The predicted octanol–water partition coefficient (Wildman–Crippen LogP) is 2.08. The van der Waals surface area contributed by atoms with Crippen molar-refractivity contribution in [3.63, 3.8) is 0 Å². The van der Waals surface area contributed by atoms with Crippen molar-refractivity contribution in [2.45, 2.75) is 38.8 Å². The van der Waals surface area contributed by atoms with Gasteiger partial charge < -0.3 is 15.6 Å². The number of nitrogens with one attached hydrogen (secondary N) is 1. The van der Waals surface area contributed by atoms with E-state index in [2.05, 4.69) is 20.9 Å². The van der Waals surface area contributed by atoms with Gasteiger partial charge in [-0.15, -0.1) is 0 Å². The summed E-state index contributed by atoms with van der Waals surface area (Å²) in [6, 6.07) is 9.93. The van der Waals surface area contributed by atoms with Crippen molar-refractivity contribution in [3.05, 3.63) is 52.1 Å². The molecule has 0 radical (unpaired) electrons. The maximum atomic E-state index is 11.8. The normalized spacial score (nSPS) is 14.1. The van der Waals surface area contributed by atoms with Crippen molar-refractivity contribution >= 4 is 11.5 Å². The highest BCUT2D eigenvalue weighted by Crippen LogP contribution is 2.31. The Kier molecular flexibility index (Phi) is 3.64. The fraction of sp³-hybridized carbons (Fsp3) is 0.375. The van der Waals surface area contributed by atoms with Gasteiger partial charge in [0.15, 0.2) is 0 Å². The van der Waals surface area contributed by atoms with Gasteiger partial charge in [0, 0.05) is 30.8 Å². The molecule has 0 aliphatic heterocycles. The van der Waals surface area contributed by atoms with E-state index in [1.54, 1.807) is 6.07 Å². The van der Waals surface area contributed by atoms with Crippen LogP contribution in [0.15, 0.2) is 35.1 Å². The zero-order valence-corrected chi connectivity index (χ0v) is 12.2. The molecule has 5 nitrogen and oxygen atoms in total. The van der Waals surface area contributed by atoms with Crippen LogP contribution in [0.3, 0.4) is 0 Å². The molecule has 0 unspecified atom stereocenters. The largest absolute Gasteiger partial charge is 0.399 e. The lowest BCUT2D eigenvalue weighted by molar-refractivity contribution is 0.762. The van der Waals surface area contributed by atoms with Gasteiger partial charge in [0.2, 0.25) is 0 Å². The second kappa shape index (κ2) is 5.60. The highest BCUT2D eigenvalue weighted by atomic mass is 16.1. The van der Waals surface area contributed by atoms with Crippen molar-refractivity contribution in [1.82, 2.24) is 9.97 Å². The topological polar surface area (TPSA) is 75.0 Å². The molecule has 0 bridgehead atoms. The number of nitrogen functional groups attached to an aromatic ring is 1. The number of nitrogens with two attached hydrogens (primary N) is 1. The van der Waals surface area contributed by atoms with E-state index in [0.29, 0.717) is 6.04 Å². The zero-order chi connectivity index (χ0) is 14.8. The van der Waals surface area contributed by atoms with E-state index in [4.69, 9.17) is 5.73 Å². The van der Waals surface area contributed by atoms with E-state index < -0.39 is 0 Å². The van der Waals surface area contributed by atoms with Crippen LogP contribution in [0.4, 0.5) is 11.5 Å². The first kappa shape index (κ1) is 13.7. The Balaban J connectivity index is 1.91. The third-order valence-corrected chi connectivity index (χ3v) is 3.70. The quantitative estimate of drug-likeness (QED) is 0.824. The Morgan fingerprint density at radius 2 is 2.19 bits per heavy atom. The van der Waals surface area contributed by atoms with E-state index in [1.807, 2.05) is 25.1 Å². The molecule has 1 saturated carbocycles. The van der Waals surface area contributed by atoms with E-state index in [1.165, 1.54) is 0 Å². The van der Waals surface area contributed by atoms with E-state index in [-0.39, 0.29) is 5.56 Å². The van der Waals surface area contributed by atoms with Crippen LogP contribution in [0.5, 0.6) is 0 Å². The van der Waals surface area contributed by atoms with Gasteiger partial charge in [-0.1, -0.05) is 19.1 Å². The van der Waals surface area contributed by atoms with Gasteiger partial charge in [-0.25, -0.2) is 4.98 Å². The first-order valence-corrected chi connectivity index (χ1v) is 7.37. The Hall–Kier alpha value is -2.30. The van der Waals surface area contributed by atoms with Crippen LogP contribution in [0, 0.1) is 0 Å². The molecule has 3 N–H and O–H groups in total. The summed E-state index contributed by atoms with van der Waals surface area (Å²) < 4.78 is 0. The molecule has 1 aliphatic carbocycles. The molecular formula is C16H20N4O. The third kappa shape index (κ3) is 3.24. The second-order valence-corrected chi connectivity index (χ2v) is 5.51. The van der Waals surface area contributed by atoms with Crippen molar-refractivity contribution < 1.29 is 0 Å². The van der Waals surface area contributed by atoms with Gasteiger partial charge in [-0.2, -0.15) is 0 Å². The minimum atomic E-state index is -0.0879. The Labute approximate surface area is 123 Å². The fourth-order valence-corrected chi connectivity index (χ4v) is 2.48. The van der Waals surface area contributed by atoms with Crippen molar-refractivity contribution in [2.75, 3.05) is 10.6 Å². The number of benzene rings is 1. The number of nitrogens with zero attached hydrogens (tertiary/aromatic N) is 2. The van der Waals surface area contributed by atoms with Gasteiger partial charge in [0.25, 0.3) is 5.56 Å². The van der Waals surface area contributed by atoms with Gasteiger partial charge in [-0.3, -0.25) is 4.79 Å². The molecule has 110 valence electrons. The zero-order valence-electron chi connectivity index (χ0n) is 12.2. The number of aromatic amines is 1. The lowest BCUT2D eigenvalue weighted by Crippen LogP contribution is -2.28. The maximum Gasteiger partial charge on any atom is 0.252 e. The van der Waals surface area contributed by atoms with Crippen molar-refractivity contribution in [2.24, 2.45) is 0 Å². The molecular weight excluding hydrogens is 264 g/mol. The summed E-state index contributed by atoms with van der Waals surface area (Å²) in [7, 11) is 0. The average molecular weight is 284 g/mol. The van der Waals surface area contributed by atoms with Gasteiger partial charge in [0.05, 0.1) is 0 Å². The van der Waals surface area contributed by atoms with Crippen molar-refractivity contribution in [1.29, 1.82) is 0 Å². The number of aryl methyl sites for hydroxylation is 1. The number of hydrogen-bond donors (Lipinski definition) is 2. The molecule has 0 spiro atoms. The molecule has 1 aliphatic rings. The van der Waals surface area contributed by atoms with Crippen molar-refractivity contribution in [3.8, 4) is 0 Å². The summed E-state index contributed by atoms with van der Waals surface area (Å²) in [5, 5.41) is 0. The van der Waals surface area contributed by atoms with Crippen LogP contribution in [0.25, 0.3) is 0 Å². The smallest absolute Gasteiger partial charge is 0.252 e. The minimum absolute atomic E-state index is 0.0879. The van der Waals surface area contributed by atoms with Crippen LogP contribution < -0.4 is 16.2 Å². The molecule has 0 amide bonds. The molecule has 5 heteroatoms. The number of H-pyrrole nitrogens is 1. The van der Waals surface area contributed by atoms with E-state index in [0.717, 1.165) is 48.7 Å². The minimum Gasteiger partial charge on any atom is -0.399 e. The predicted molar refractivity (Wildman–Crippen MR) is 84.3 cm³/mol. The molecule has 1 aromatic carbocycles. The molecule has 21 heavy (non-hydrogen) atoms. The molecule has 0 atom stereocenters. The van der Waals surface area contributed by atoms with Crippen LogP contribution in [-0.4, -0.2) is 16.0 Å². The van der Waals surface area contributed by atoms with Gasteiger partial charge in [0.1, 0.15) is 11.6 Å². The van der Waals surface area contributed by atoms with Gasteiger partial charge in [-0.05, 0) is 30.5 Å². The summed E-state index contributed by atoms with van der Waals surface area (Å²) in [5.74, 6) is 1.50. The number of hydrogen-bond acceptors (Lipinski definition) is 4. The Bertz CT molecular complexity index is 691. The average Bonchev–Trinajstić information content (AvgIpc) is 3.28. The molecule has 0 saturated heterocycles. The summed E-state index contributed by atoms with van der Waals surface area (Å²) in [6.07, 6.45) is 3.02. The van der Waals surface area contributed by atoms with Crippen LogP contribution in [0.1, 0.15) is 31.2 Å². The number of anilines is 2. The summed E-state index contributed by atoms with van der Waals surface area (Å²) >= 11 is 0. The first-order valence-electron chi connectivity index (χ1n) is 7.37. The molecule has 2 aromatic rings. The SMILES string of the molecule is CCc1nc(N(Cc2cccc(N)c2)C2CC2)cc(=O)[nH]1. The lowest BCUT2D eigenvalue weighted by atomic mass is 10.2. The Morgan fingerprint density at radius 3 is 2.86 bits per heavy atom. The molecule has 1 aromatic heterocycles. The van der Waals surface area contributed by atoms with E-state index >= 15 is 0 Å². The lowest BCUT2D eigenvalue weighted by Gasteiger charge is -2.24. The standard InChI is InChI=1S/C16H20N4O/c1-2-14-18-15(9-16(21)19-14)20(13-6-7-13)10-11-4-3-5-12(17)8-11/h3-5,8-9,13H,2,6-7,10,17H2,1H3,(H,18,19,21). The summed E-state index contributed by atoms with van der Waals surface area (Å²) in [6.45, 7) is 2.72. The maximum absolute atomic E-state index is 11.8. The number of aromatic nitrogens is 2. The monoisotopic (exact) mass is 284 g/mol. The molecule has 1 fully saturated rings. The first-order chi connectivity index (χ1) is 10.2. The van der Waals surface area contributed by atoms with Crippen LogP contribution in [-0.2, 0) is 13.0 Å². The van der Waals surface area contributed by atoms with Crippen LogP contribution in [0.2, 0.25) is 0 Å². The third-order valence-electron chi connectivity index (χ3n) is 3.70. The molecule has 1 heterocycles. The fourth-order valence-electron chi connectivity index (χ4n) is 2.48. The Morgan fingerprint density at radius 1 is 1.38 bits per heavy atom. The number of rotatable bonds is 5.